The molecule has 2 atom stereocenters. The zero-order chi connectivity index (χ0) is 16.1. The molecule has 1 heterocycles. The highest BCUT2D eigenvalue weighted by molar-refractivity contribution is 5.31. The summed E-state index contributed by atoms with van der Waals surface area (Å²) in [5, 5.41) is 10.2. The average Bonchev–Trinajstić information content (AvgIpc) is 2.60. The summed E-state index contributed by atoms with van der Waals surface area (Å²) >= 11 is 0. The van der Waals surface area contributed by atoms with Gasteiger partial charge in [0, 0.05) is 12.0 Å². The number of nitrogens with one attached hydrogen (secondary N) is 1. The molecule has 23 heavy (non-hydrogen) atoms. The van der Waals surface area contributed by atoms with E-state index in [4.69, 9.17) is 9.47 Å². The first kappa shape index (κ1) is 15.8. The van der Waals surface area contributed by atoms with Crippen LogP contribution in [-0.2, 0) is 13.0 Å². The first-order valence-electron chi connectivity index (χ1n) is 8.10. The molecule has 0 fully saturated rings. The highest BCUT2D eigenvalue weighted by Gasteiger charge is 2.21. The van der Waals surface area contributed by atoms with Gasteiger partial charge in [0.05, 0.1) is 13.7 Å². The van der Waals surface area contributed by atoms with E-state index < -0.39 is 6.10 Å². The molecule has 0 radical (unpaired) electrons. The summed E-state index contributed by atoms with van der Waals surface area (Å²) in [5.41, 5.74) is 2.84. The molecule has 1 unspecified atom stereocenters. The smallest absolute Gasteiger partial charge is 0.137 e. The number of methoxy groups -OCH3 is 1. The van der Waals surface area contributed by atoms with Gasteiger partial charge < -0.3 is 19.5 Å². The predicted molar refractivity (Wildman–Crippen MR) is 89.0 cm³/mol. The lowest BCUT2D eigenvalue weighted by molar-refractivity contribution is -0.918. The van der Waals surface area contributed by atoms with Gasteiger partial charge >= 0.3 is 0 Å². The van der Waals surface area contributed by atoms with Crippen molar-refractivity contribution >= 4 is 0 Å². The Hall–Kier alpha value is -2.04. The molecular weight excluding hydrogens is 290 g/mol. The molecule has 2 N–H and O–H groups in total. The molecule has 122 valence electrons. The molecule has 1 aliphatic heterocycles. The van der Waals surface area contributed by atoms with E-state index in [9.17, 15) is 5.11 Å². The quantitative estimate of drug-likeness (QED) is 0.838. The van der Waals surface area contributed by atoms with Crippen molar-refractivity contribution in [3.05, 3.63) is 59.7 Å². The molecule has 0 aromatic heterocycles. The molecule has 0 bridgehead atoms. The van der Waals surface area contributed by atoms with E-state index >= 15 is 0 Å². The van der Waals surface area contributed by atoms with Crippen LogP contribution in [0, 0.1) is 0 Å². The van der Waals surface area contributed by atoms with Gasteiger partial charge in [-0.2, -0.15) is 0 Å². The minimum absolute atomic E-state index is 0.317. The fraction of sp³-hybridized carbons (Fsp3) is 0.368. The van der Waals surface area contributed by atoms with Crippen LogP contribution in [0.2, 0.25) is 0 Å². The van der Waals surface area contributed by atoms with Crippen molar-refractivity contribution in [1.29, 1.82) is 0 Å². The number of quaternary nitrogens is 1. The number of ether oxygens (including phenoxy) is 2. The summed E-state index contributed by atoms with van der Waals surface area (Å²) < 4.78 is 10.8. The second kappa shape index (κ2) is 7.49. The van der Waals surface area contributed by atoms with Crippen LogP contribution in [0.4, 0.5) is 0 Å². The molecule has 3 rings (SSSR count). The second-order valence-corrected chi connectivity index (χ2v) is 6.04. The van der Waals surface area contributed by atoms with Crippen LogP contribution < -0.4 is 14.4 Å². The Kier molecular flexibility index (Phi) is 5.16. The molecule has 0 spiro atoms. The van der Waals surface area contributed by atoms with Gasteiger partial charge in [0.1, 0.15) is 37.3 Å². The number of fused-ring (bicyclic) bond motifs is 1. The molecule has 4 heteroatoms. The third-order valence-electron chi connectivity index (χ3n) is 4.33. The van der Waals surface area contributed by atoms with Crippen LogP contribution in [-0.4, -0.2) is 38.0 Å². The average molecular weight is 314 g/mol. The summed E-state index contributed by atoms with van der Waals surface area (Å²) in [4.78, 5) is 1.41. The summed E-state index contributed by atoms with van der Waals surface area (Å²) in [6, 6.07) is 16.0. The Labute approximate surface area is 137 Å². The Bertz CT molecular complexity index is 627. The Morgan fingerprint density at radius 3 is 2.48 bits per heavy atom. The highest BCUT2D eigenvalue weighted by Crippen LogP contribution is 2.17. The van der Waals surface area contributed by atoms with E-state index in [1.165, 1.54) is 16.0 Å². The summed E-state index contributed by atoms with van der Waals surface area (Å²) in [6.07, 6.45) is 0.620. The maximum atomic E-state index is 10.2. The van der Waals surface area contributed by atoms with E-state index in [1.54, 1.807) is 7.11 Å². The zero-order valence-corrected chi connectivity index (χ0v) is 13.5. The van der Waals surface area contributed by atoms with E-state index in [1.807, 2.05) is 24.3 Å². The second-order valence-electron chi connectivity index (χ2n) is 6.04. The lowest BCUT2D eigenvalue weighted by Gasteiger charge is -2.27. The van der Waals surface area contributed by atoms with E-state index in [2.05, 4.69) is 24.3 Å². The molecule has 2 aromatic rings. The van der Waals surface area contributed by atoms with E-state index in [0.717, 1.165) is 31.0 Å². The Morgan fingerprint density at radius 1 is 1.04 bits per heavy atom. The third-order valence-corrected chi connectivity index (χ3v) is 4.33. The van der Waals surface area contributed by atoms with Crippen LogP contribution in [0.15, 0.2) is 48.5 Å². The first-order valence-corrected chi connectivity index (χ1v) is 8.10. The molecule has 0 aliphatic carbocycles. The monoisotopic (exact) mass is 314 g/mol. The molecule has 0 amide bonds. The third kappa shape index (κ3) is 4.24. The Morgan fingerprint density at radius 2 is 1.74 bits per heavy atom. The van der Waals surface area contributed by atoms with Crippen LogP contribution in [0.25, 0.3) is 0 Å². The zero-order valence-electron chi connectivity index (χ0n) is 13.5. The van der Waals surface area contributed by atoms with E-state index in [-0.39, 0.29) is 0 Å². The number of hydrogen-bond acceptors (Lipinski definition) is 3. The van der Waals surface area contributed by atoms with Crippen molar-refractivity contribution in [3.8, 4) is 11.5 Å². The molecule has 0 saturated carbocycles. The van der Waals surface area contributed by atoms with Gasteiger partial charge in [-0.25, -0.2) is 0 Å². The maximum absolute atomic E-state index is 10.2. The number of rotatable bonds is 6. The Balaban J connectivity index is 1.47. The standard InChI is InChI=1S/C19H23NO3/c1-22-18-6-8-19(9-7-18)23-14-17(21)13-20-11-10-15-4-2-3-5-16(15)12-20/h2-9,17,21H,10-14H2,1H3/p+1/t17-/m1/s1. The minimum Gasteiger partial charge on any atom is -0.497 e. The summed E-state index contributed by atoms with van der Waals surface area (Å²) in [6.45, 7) is 3.08. The van der Waals surface area contributed by atoms with Gasteiger partial charge in [0.2, 0.25) is 0 Å². The largest absolute Gasteiger partial charge is 0.497 e. The number of benzene rings is 2. The van der Waals surface area contributed by atoms with Crippen LogP contribution >= 0.6 is 0 Å². The van der Waals surface area contributed by atoms with Gasteiger partial charge in [0.25, 0.3) is 0 Å². The van der Waals surface area contributed by atoms with Crippen molar-refractivity contribution in [2.24, 2.45) is 0 Å². The molecular formula is C19H24NO3+. The number of hydrogen-bond donors (Lipinski definition) is 2. The van der Waals surface area contributed by atoms with E-state index in [0.29, 0.717) is 13.2 Å². The van der Waals surface area contributed by atoms with Gasteiger partial charge in [-0.3, -0.25) is 0 Å². The predicted octanol–water partition coefficient (Wildman–Crippen LogP) is 1.08. The van der Waals surface area contributed by atoms with Crippen molar-refractivity contribution in [3.63, 3.8) is 0 Å². The van der Waals surface area contributed by atoms with Gasteiger partial charge in [-0.15, -0.1) is 0 Å². The van der Waals surface area contributed by atoms with Crippen LogP contribution in [0.5, 0.6) is 11.5 Å². The fourth-order valence-corrected chi connectivity index (χ4v) is 3.07. The molecule has 0 saturated heterocycles. The lowest BCUT2D eigenvalue weighted by atomic mass is 10.00. The van der Waals surface area contributed by atoms with Crippen molar-refractivity contribution in [2.75, 3.05) is 26.8 Å². The van der Waals surface area contributed by atoms with Gasteiger partial charge in [-0.05, 0) is 29.8 Å². The number of aliphatic hydroxyl groups excluding tert-OH is 1. The highest BCUT2D eigenvalue weighted by atomic mass is 16.5. The molecule has 1 aliphatic rings. The fourth-order valence-electron chi connectivity index (χ4n) is 3.07. The summed E-state index contributed by atoms with van der Waals surface area (Å²) in [5.74, 6) is 1.55. The topological polar surface area (TPSA) is 43.1 Å². The minimum atomic E-state index is -0.461. The lowest BCUT2D eigenvalue weighted by Crippen LogP contribution is -3.13. The summed E-state index contributed by atoms with van der Waals surface area (Å²) in [7, 11) is 1.64. The van der Waals surface area contributed by atoms with Crippen molar-refractivity contribution in [2.45, 2.75) is 19.1 Å². The van der Waals surface area contributed by atoms with Crippen LogP contribution in [0.1, 0.15) is 11.1 Å². The first-order chi connectivity index (χ1) is 11.2. The normalized spacial score (nSPS) is 18.1. The maximum Gasteiger partial charge on any atom is 0.137 e. The number of aliphatic hydroxyl groups is 1. The van der Waals surface area contributed by atoms with Gasteiger partial charge in [0.15, 0.2) is 0 Å². The van der Waals surface area contributed by atoms with Gasteiger partial charge in [-0.1, -0.05) is 24.3 Å². The van der Waals surface area contributed by atoms with Crippen molar-refractivity contribution in [1.82, 2.24) is 0 Å². The SMILES string of the molecule is COc1ccc(OC[C@H](O)C[NH+]2CCc3ccccc3C2)cc1. The van der Waals surface area contributed by atoms with Crippen LogP contribution in [0.3, 0.4) is 0 Å². The molecule has 4 nitrogen and oxygen atoms in total. The van der Waals surface area contributed by atoms with Crippen molar-refractivity contribution < 1.29 is 19.5 Å². The molecule has 2 aromatic carbocycles.